The summed E-state index contributed by atoms with van der Waals surface area (Å²) in [5.74, 6) is -0.110. The molecule has 0 amide bonds. The highest BCUT2D eigenvalue weighted by molar-refractivity contribution is 5.71. The molecule has 1 saturated carbocycles. The second-order valence-corrected chi connectivity index (χ2v) is 5.45. The molecule has 0 atom stereocenters. The van der Waals surface area contributed by atoms with Crippen molar-refractivity contribution in [3.05, 3.63) is 29.8 Å². The Morgan fingerprint density at radius 3 is 2.65 bits per heavy atom. The Bertz CT molecular complexity index is 427. The standard InChI is InChI=1S/C16H24N2O2/c1-2-3-10-20-16(19)12-18(15-8-9-15)11-13-4-6-14(17)7-5-13/h4-7,15H,2-3,8-12,17H2,1H3. The van der Waals surface area contributed by atoms with Crippen LogP contribution in [-0.4, -0.2) is 30.1 Å². The number of esters is 1. The Balaban J connectivity index is 1.84. The van der Waals surface area contributed by atoms with Crippen LogP contribution in [0.1, 0.15) is 38.2 Å². The molecule has 0 bridgehead atoms. The van der Waals surface area contributed by atoms with Gasteiger partial charge >= 0.3 is 5.97 Å². The molecule has 1 fully saturated rings. The fraction of sp³-hybridized carbons (Fsp3) is 0.562. The van der Waals surface area contributed by atoms with Crippen LogP contribution in [0.25, 0.3) is 0 Å². The average molecular weight is 276 g/mol. The van der Waals surface area contributed by atoms with Crippen molar-refractivity contribution in [3.8, 4) is 0 Å². The number of hydrogen-bond donors (Lipinski definition) is 1. The first-order valence-corrected chi connectivity index (χ1v) is 7.43. The molecule has 0 radical (unpaired) electrons. The fourth-order valence-electron chi connectivity index (χ4n) is 2.15. The molecular formula is C16H24N2O2. The smallest absolute Gasteiger partial charge is 0.320 e. The maximum atomic E-state index is 11.8. The van der Waals surface area contributed by atoms with Crippen molar-refractivity contribution < 1.29 is 9.53 Å². The van der Waals surface area contributed by atoms with Gasteiger partial charge in [-0.2, -0.15) is 0 Å². The number of carbonyl (C=O) groups is 1. The number of ether oxygens (including phenoxy) is 1. The predicted octanol–water partition coefficient (Wildman–Crippen LogP) is 2.58. The molecule has 0 unspecified atom stereocenters. The van der Waals surface area contributed by atoms with Crippen LogP contribution >= 0.6 is 0 Å². The van der Waals surface area contributed by atoms with E-state index < -0.39 is 0 Å². The Morgan fingerprint density at radius 1 is 1.35 bits per heavy atom. The van der Waals surface area contributed by atoms with Crippen LogP contribution in [0, 0.1) is 0 Å². The summed E-state index contributed by atoms with van der Waals surface area (Å²) in [7, 11) is 0. The molecule has 0 heterocycles. The normalized spacial score (nSPS) is 14.5. The second kappa shape index (κ2) is 7.29. The lowest BCUT2D eigenvalue weighted by molar-refractivity contribution is -0.145. The molecule has 2 N–H and O–H groups in total. The zero-order valence-electron chi connectivity index (χ0n) is 12.2. The van der Waals surface area contributed by atoms with Gasteiger partial charge in [0, 0.05) is 18.3 Å². The van der Waals surface area contributed by atoms with Gasteiger partial charge in [-0.3, -0.25) is 9.69 Å². The summed E-state index contributed by atoms with van der Waals surface area (Å²) in [4.78, 5) is 14.0. The highest BCUT2D eigenvalue weighted by Gasteiger charge is 2.30. The van der Waals surface area contributed by atoms with Gasteiger partial charge in [-0.1, -0.05) is 25.5 Å². The summed E-state index contributed by atoms with van der Waals surface area (Å²) in [6, 6.07) is 8.38. The largest absolute Gasteiger partial charge is 0.465 e. The van der Waals surface area contributed by atoms with E-state index in [1.807, 2.05) is 24.3 Å². The third-order valence-corrected chi connectivity index (χ3v) is 3.52. The van der Waals surface area contributed by atoms with Crippen molar-refractivity contribution in [1.82, 2.24) is 4.90 Å². The number of hydrogen-bond acceptors (Lipinski definition) is 4. The third-order valence-electron chi connectivity index (χ3n) is 3.52. The summed E-state index contributed by atoms with van der Waals surface area (Å²) in [5.41, 5.74) is 7.65. The van der Waals surface area contributed by atoms with Crippen molar-refractivity contribution in [3.63, 3.8) is 0 Å². The average Bonchev–Trinajstić information content (AvgIpc) is 3.25. The lowest BCUT2D eigenvalue weighted by Crippen LogP contribution is -2.32. The highest BCUT2D eigenvalue weighted by atomic mass is 16.5. The highest BCUT2D eigenvalue weighted by Crippen LogP contribution is 2.28. The molecule has 20 heavy (non-hydrogen) atoms. The molecule has 1 aliphatic carbocycles. The van der Waals surface area contributed by atoms with E-state index in [2.05, 4.69) is 11.8 Å². The Hall–Kier alpha value is -1.55. The number of benzene rings is 1. The van der Waals surface area contributed by atoms with Crippen LogP contribution in [0.3, 0.4) is 0 Å². The lowest BCUT2D eigenvalue weighted by atomic mass is 10.2. The van der Waals surface area contributed by atoms with Gasteiger partial charge in [0.25, 0.3) is 0 Å². The third kappa shape index (κ3) is 4.85. The Kier molecular flexibility index (Phi) is 5.41. The Morgan fingerprint density at radius 2 is 2.05 bits per heavy atom. The first-order chi connectivity index (χ1) is 9.69. The van der Waals surface area contributed by atoms with E-state index in [0.717, 1.165) is 25.1 Å². The molecule has 0 aromatic heterocycles. The molecule has 0 aliphatic heterocycles. The number of anilines is 1. The SMILES string of the molecule is CCCCOC(=O)CN(Cc1ccc(N)cc1)C1CC1. The molecule has 1 aromatic carbocycles. The van der Waals surface area contributed by atoms with E-state index in [0.29, 0.717) is 19.2 Å². The fourth-order valence-corrected chi connectivity index (χ4v) is 2.15. The number of unbranched alkanes of at least 4 members (excludes halogenated alkanes) is 1. The van der Waals surface area contributed by atoms with Crippen molar-refractivity contribution in [2.75, 3.05) is 18.9 Å². The van der Waals surface area contributed by atoms with E-state index in [4.69, 9.17) is 10.5 Å². The van der Waals surface area contributed by atoms with Crippen LogP contribution < -0.4 is 5.73 Å². The Labute approximate surface area is 120 Å². The maximum Gasteiger partial charge on any atom is 0.320 e. The predicted molar refractivity (Wildman–Crippen MR) is 80.2 cm³/mol. The van der Waals surface area contributed by atoms with E-state index >= 15 is 0 Å². The molecule has 4 heteroatoms. The van der Waals surface area contributed by atoms with Gasteiger partial charge < -0.3 is 10.5 Å². The second-order valence-electron chi connectivity index (χ2n) is 5.45. The molecular weight excluding hydrogens is 252 g/mol. The number of nitrogen functional groups attached to an aromatic ring is 1. The lowest BCUT2D eigenvalue weighted by Gasteiger charge is -2.21. The number of carbonyl (C=O) groups excluding carboxylic acids is 1. The number of rotatable bonds is 8. The van der Waals surface area contributed by atoms with Gasteiger partial charge in [-0.25, -0.2) is 0 Å². The van der Waals surface area contributed by atoms with Gasteiger partial charge in [0.05, 0.1) is 13.2 Å². The van der Waals surface area contributed by atoms with Crippen molar-refractivity contribution in [2.45, 2.75) is 45.2 Å². The minimum absolute atomic E-state index is 0.110. The number of nitrogens with two attached hydrogens (primary N) is 1. The van der Waals surface area contributed by atoms with Crippen LogP contribution in [0.5, 0.6) is 0 Å². The van der Waals surface area contributed by atoms with E-state index in [1.54, 1.807) is 0 Å². The van der Waals surface area contributed by atoms with E-state index in [-0.39, 0.29) is 5.97 Å². The van der Waals surface area contributed by atoms with Gasteiger partial charge in [0.1, 0.15) is 0 Å². The number of nitrogens with zero attached hydrogens (tertiary/aromatic N) is 1. The van der Waals surface area contributed by atoms with Crippen molar-refractivity contribution in [1.29, 1.82) is 0 Å². The van der Waals surface area contributed by atoms with Crippen LogP contribution in [0.2, 0.25) is 0 Å². The quantitative estimate of drug-likeness (QED) is 0.450. The maximum absolute atomic E-state index is 11.8. The van der Waals surface area contributed by atoms with Gasteiger partial charge in [-0.15, -0.1) is 0 Å². The van der Waals surface area contributed by atoms with Crippen molar-refractivity contribution >= 4 is 11.7 Å². The summed E-state index contributed by atoms with van der Waals surface area (Å²) in [6.45, 7) is 3.80. The summed E-state index contributed by atoms with van der Waals surface area (Å²) >= 11 is 0. The summed E-state index contributed by atoms with van der Waals surface area (Å²) in [6.07, 6.45) is 4.34. The van der Waals surface area contributed by atoms with Crippen molar-refractivity contribution in [2.24, 2.45) is 0 Å². The first-order valence-electron chi connectivity index (χ1n) is 7.43. The molecule has 0 spiro atoms. The van der Waals surface area contributed by atoms with Crippen LogP contribution in [0.4, 0.5) is 5.69 Å². The molecule has 1 aliphatic rings. The molecule has 0 saturated heterocycles. The minimum Gasteiger partial charge on any atom is -0.465 e. The van der Waals surface area contributed by atoms with Gasteiger partial charge in [0.2, 0.25) is 0 Å². The van der Waals surface area contributed by atoms with E-state index in [1.165, 1.54) is 18.4 Å². The monoisotopic (exact) mass is 276 g/mol. The topological polar surface area (TPSA) is 55.6 Å². The zero-order valence-corrected chi connectivity index (χ0v) is 12.2. The zero-order chi connectivity index (χ0) is 14.4. The molecule has 4 nitrogen and oxygen atoms in total. The summed E-state index contributed by atoms with van der Waals surface area (Å²) < 4.78 is 5.25. The van der Waals surface area contributed by atoms with E-state index in [9.17, 15) is 4.79 Å². The van der Waals surface area contributed by atoms with Gasteiger partial charge in [0.15, 0.2) is 0 Å². The first kappa shape index (κ1) is 14.9. The minimum atomic E-state index is -0.110. The molecule has 110 valence electrons. The summed E-state index contributed by atoms with van der Waals surface area (Å²) in [5, 5.41) is 0. The molecule has 2 rings (SSSR count). The van der Waals surface area contributed by atoms with Gasteiger partial charge in [-0.05, 0) is 37.0 Å². The molecule has 1 aromatic rings. The van der Waals surface area contributed by atoms with Crippen LogP contribution in [0.15, 0.2) is 24.3 Å². The van der Waals surface area contributed by atoms with Crippen LogP contribution in [-0.2, 0) is 16.1 Å².